The van der Waals surface area contributed by atoms with E-state index in [1.807, 2.05) is 0 Å². The summed E-state index contributed by atoms with van der Waals surface area (Å²) in [6.07, 6.45) is 1.88. The zero-order chi connectivity index (χ0) is 11.4. The summed E-state index contributed by atoms with van der Waals surface area (Å²) in [6, 6.07) is 0. The number of hydrogen-bond donors (Lipinski definition) is 2. The molecule has 5 nitrogen and oxygen atoms in total. The fourth-order valence-corrected chi connectivity index (χ4v) is 1.47. The molecule has 2 N–H and O–H groups in total. The molecule has 0 amide bonds. The van der Waals surface area contributed by atoms with E-state index in [-0.39, 0.29) is 17.8 Å². The molecule has 5 heteroatoms. The van der Waals surface area contributed by atoms with E-state index in [0.717, 1.165) is 6.29 Å². The predicted octanol–water partition coefficient (Wildman–Crippen LogP) is 0.965. The summed E-state index contributed by atoms with van der Waals surface area (Å²) in [5, 5.41) is 8.86. The van der Waals surface area contributed by atoms with Crippen molar-refractivity contribution in [2.45, 2.75) is 19.8 Å². The average molecular weight is 209 g/mol. The minimum absolute atomic E-state index is 0.00329. The predicted molar refractivity (Wildman–Crippen MR) is 52.3 cm³/mol. The van der Waals surface area contributed by atoms with Gasteiger partial charge in [0.05, 0.1) is 5.69 Å². The molecule has 0 saturated heterocycles. The molecule has 0 fully saturated rings. The second-order valence-corrected chi connectivity index (χ2v) is 3.15. The van der Waals surface area contributed by atoms with E-state index < -0.39 is 5.97 Å². The smallest absolute Gasteiger partial charge is 0.352 e. The minimum Gasteiger partial charge on any atom is -0.477 e. The topological polar surface area (TPSA) is 87.2 Å². The van der Waals surface area contributed by atoms with E-state index >= 15 is 0 Å². The van der Waals surface area contributed by atoms with Crippen LogP contribution in [0.5, 0.6) is 0 Å². The number of carbonyl (C=O) groups excluding carboxylic acids is 2. The maximum atomic E-state index is 10.8. The van der Waals surface area contributed by atoms with E-state index in [4.69, 9.17) is 5.11 Å². The summed E-state index contributed by atoms with van der Waals surface area (Å²) < 4.78 is 0. The van der Waals surface area contributed by atoms with Gasteiger partial charge in [-0.1, -0.05) is 0 Å². The van der Waals surface area contributed by atoms with Gasteiger partial charge in [-0.15, -0.1) is 0 Å². The highest BCUT2D eigenvalue weighted by Crippen LogP contribution is 2.18. The second kappa shape index (κ2) is 4.54. The number of carbonyl (C=O) groups is 3. The Kier molecular flexibility index (Phi) is 3.38. The number of aldehydes is 2. The van der Waals surface area contributed by atoms with Gasteiger partial charge in [-0.2, -0.15) is 0 Å². The molecule has 0 atom stereocenters. The monoisotopic (exact) mass is 209 g/mol. The summed E-state index contributed by atoms with van der Waals surface area (Å²) in [4.78, 5) is 34.2. The molecule has 1 rings (SSSR count). The van der Waals surface area contributed by atoms with Gasteiger partial charge in [0.15, 0.2) is 6.29 Å². The SMILES string of the molecule is Cc1c(C=O)[nH]c(C(=O)O)c1CCC=O. The Morgan fingerprint density at radius 3 is 2.60 bits per heavy atom. The molecule has 0 saturated carbocycles. The fourth-order valence-electron chi connectivity index (χ4n) is 1.47. The number of nitrogens with one attached hydrogen (secondary N) is 1. The van der Waals surface area contributed by atoms with Crippen molar-refractivity contribution in [3.63, 3.8) is 0 Å². The van der Waals surface area contributed by atoms with Gasteiger partial charge in [0.2, 0.25) is 0 Å². The lowest BCUT2D eigenvalue weighted by atomic mass is 10.1. The number of rotatable bonds is 5. The van der Waals surface area contributed by atoms with Crippen molar-refractivity contribution in [2.24, 2.45) is 0 Å². The van der Waals surface area contributed by atoms with E-state index in [1.165, 1.54) is 0 Å². The van der Waals surface area contributed by atoms with Crippen LogP contribution in [0, 0.1) is 6.92 Å². The van der Waals surface area contributed by atoms with Crippen LogP contribution in [0.4, 0.5) is 0 Å². The first kappa shape index (κ1) is 11.2. The quantitative estimate of drug-likeness (QED) is 0.707. The molecule has 80 valence electrons. The second-order valence-electron chi connectivity index (χ2n) is 3.15. The fraction of sp³-hybridized carbons (Fsp3) is 0.300. The van der Waals surface area contributed by atoms with Crippen LogP contribution in [0.1, 0.15) is 38.5 Å². The third kappa shape index (κ3) is 2.12. The molecule has 1 heterocycles. The Morgan fingerprint density at radius 1 is 1.47 bits per heavy atom. The highest BCUT2D eigenvalue weighted by atomic mass is 16.4. The van der Waals surface area contributed by atoms with Gasteiger partial charge in [-0.05, 0) is 24.5 Å². The molecular formula is C10H11NO4. The first-order valence-corrected chi connectivity index (χ1v) is 4.45. The molecule has 1 aromatic rings. The maximum absolute atomic E-state index is 10.8. The van der Waals surface area contributed by atoms with Crippen LogP contribution in [-0.4, -0.2) is 28.6 Å². The highest BCUT2D eigenvalue weighted by Gasteiger charge is 2.18. The number of aromatic nitrogens is 1. The van der Waals surface area contributed by atoms with Gasteiger partial charge < -0.3 is 14.9 Å². The van der Waals surface area contributed by atoms with Crippen molar-refractivity contribution in [3.8, 4) is 0 Å². The summed E-state index contributed by atoms with van der Waals surface area (Å²) in [7, 11) is 0. The van der Waals surface area contributed by atoms with Crippen LogP contribution < -0.4 is 0 Å². The molecule has 0 aliphatic heterocycles. The molecule has 15 heavy (non-hydrogen) atoms. The summed E-state index contributed by atoms with van der Waals surface area (Å²) in [5.41, 5.74) is 1.38. The number of hydrogen-bond acceptors (Lipinski definition) is 3. The summed E-state index contributed by atoms with van der Waals surface area (Å²) in [5.74, 6) is -1.12. The number of aromatic carboxylic acids is 1. The van der Waals surface area contributed by atoms with Gasteiger partial charge in [0, 0.05) is 6.42 Å². The third-order valence-electron chi connectivity index (χ3n) is 2.26. The van der Waals surface area contributed by atoms with Crippen molar-refractivity contribution in [3.05, 3.63) is 22.5 Å². The van der Waals surface area contributed by atoms with E-state index in [2.05, 4.69) is 4.98 Å². The van der Waals surface area contributed by atoms with E-state index in [1.54, 1.807) is 6.92 Å². The zero-order valence-electron chi connectivity index (χ0n) is 8.24. The van der Waals surface area contributed by atoms with Gasteiger partial charge in [0.25, 0.3) is 0 Å². The van der Waals surface area contributed by atoms with Crippen LogP contribution in [0.25, 0.3) is 0 Å². The van der Waals surface area contributed by atoms with Crippen molar-refractivity contribution in [1.29, 1.82) is 0 Å². The number of carboxylic acid groups (broad SMARTS) is 1. The molecule has 1 aromatic heterocycles. The molecule has 0 aliphatic carbocycles. The lowest BCUT2D eigenvalue weighted by Gasteiger charge is -1.98. The van der Waals surface area contributed by atoms with Gasteiger partial charge in [0.1, 0.15) is 12.0 Å². The molecular weight excluding hydrogens is 198 g/mol. The van der Waals surface area contributed by atoms with Crippen LogP contribution >= 0.6 is 0 Å². The van der Waals surface area contributed by atoms with Crippen molar-refractivity contribution < 1.29 is 19.5 Å². The van der Waals surface area contributed by atoms with Crippen LogP contribution in [-0.2, 0) is 11.2 Å². The minimum atomic E-state index is -1.12. The van der Waals surface area contributed by atoms with Crippen molar-refractivity contribution in [1.82, 2.24) is 4.98 Å². The normalized spacial score (nSPS) is 9.93. The Bertz CT molecular complexity index is 406. The van der Waals surface area contributed by atoms with Crippen molar-refractivity contribution >= 4 is 18.5 Å². The van der Waals surface area contributed by atoms with Crippen molar-refractivity contribution in [2.75, 3.05) is 0 Å². The molecule has 0 radical (unpaired) electrons. The van der Waals surface area contributed by atoms with Gasteiger partial charge in [-0.25, -0.2) is 4.79 Å². The van der Waals surface area contributed by atoms with E-state index in [0.29, 0.717) is 23.8 Å². The largest absolute Gasteiger partial charge is 0.477 e. The lowest BCUT2D eigenvalue weighted by Crippen LogP contribution is -2.02. The van der Waals surface area contributed by atoms with Crippen LogP contribution in [0.2, 0.25) is 0 Å². The Hall–Kier alpha value is -1.91. The summed E-state index contributed by atoms with van der Waals surface area (Å²) in [6.45, 7) is 1.66. The standard InChI is InChI=1S/C10H11NO4/c1-6-7(3-2-4-12)9(10(14)15)11-8(6)5-13/h4-5,11H,2-3H2,1H3,(H,14,15). The number of H-pyrrole nitrogens is 1. The lowest BCUT2D eigenvalue weighted by molar-refractivity contribution is -0.107. The van der Waals surface area contributed by atoms with Crippen LogP contribution in [0.3, 0.4) is 0 Å². The summed E-state index contributed by atoms with van der Waals surface area (Å²) >= 11 is 0. The van der Waals surface area contributed by atoms with E-state index in [9.17, 15) is 14.4 Å². The number of carboxylic acids is 1. The van der Waals surface area contributed by atoms with Gasteiger partial charge in [-0.3, -0.25) is 4.79 Å². The first-order chi connectivity index (χ1) is 7.11. The van der Waals surface area contributed by atoms with Crippen LogP contribution in [0.15, 0.2) is 0 Å². The zero-order valence-corrected chi connectivity index (χ0v) is 8.24. The molecule has 0 bridgehead atoms. The maximum Gasteiger partial charge on any atom is 0.352 e. The first-order valence-electron chi connectivity index (χ1n) is 4.45. The Labute approximate surface area is 86.1 Å². The Morgan fingerprint density at radius 2 is 2.13 bits per heavy atom. The molecule has 0 unspecified atom stereocenters. The van der Waals surface area contributed by atoms with Gasteiger partial charge >= 0.3 is 5.97 Å². The molecule has 0 aliphatic rings. The number of aromatic amines is 1. The highest BCUT2D eigenvalue weighted by molar-refractivity contribution is 5.91. The third-order valence-corrected chi connectivity index (χ3v) is 2.26. The molecule has 0 spiro atoms. The molecule has 0 aromatic carbocycles. The average Bonchev–Trinajstić information content (AvgIpc) is 2.52. The Balaban J connectivity index is 3.18.